The van der Waals surface area contributed by atoms with Gasteiger partial charge in [0.15, 0.2) is 0 Å². The van der Waals surface area contributed by atoms with E-state index in [1.165, 1.54) is 20.9 Å². The number of nitrogens with two attached hydrogens (primary N) is 1. The minimum absolute atomic E-state index is 0.592. The Hall–Kier alpha value is -1.25. The Kier molecular flexibility index (Phi) is 3.65. The van der Waals surface area contributed by atoms with Crippen LogP contribution in [0.2, 0.25) is 0 Å². The maximum Gasteiger partial charge on any atom is 0.0189 e. The summed E-state index contributed by atoms with van der Waals surface area (Å²) < 4.78 is 0. The van der Waals surface area contributed by atoms with Crippen LogP contribution in [0.25, 0.3) is 0 Å². The number of hydrogen-bond donors (Lipinski definition) is 1. The van der Waals surface area contributed by atoms with Crippen LogP contribution in [0, 0.1) is 6.92 Å². The standard InChI is InChI=1S/C14H15NS/c1-11-5-4-7-13(9-11)16-14-8-3-2-6-12(14)10-15/h2-9H,10,15H2,1H3. The monoisotopic (exact) mass is 229 g/mol. The van der Waals surface area contributed by atoms with Crippen LogP contribution in [0.5, 0.6) is 0 Å². The van der Waals surface area contributed by atoms with Crippen LogP contribution in [-0.4, -0.2) is 0 Å². The van der Waals surface area contributed by atoms with E-state index in [0.717, 1.165) is 0 Å². The first kappa shape index (κ1) is 11.2. The molecule has 0 aliphatic heterocycles. The van der Waals surface area contributed by atoms with E-state index >= 15 is 0 Å². The highest BCUT2D eigenvalue weighted by Gasteiger charge is 2.02. The van der Waals surface area contributed by atoms with Gasteiger partial charge in [0.1, 0.15) is 0 Å². The van der Waals surface area contributed by atoms with E-state index < -0.39 is 0 Å². The van der Waals surface area contributed by atoms with Gasteiger partial charge < -0.3 is 5.73 Å². The highest BCUT2D eigenvalue weighted by Crippen LogP contribution is 2.30. The lowest BCUT2D eigenvalue weighted by molar-refractivity contribution is 1.03. The Morgan fingerprint density at radius 2 is 1.88 bits per heavy atom. The summed E-state index contributed by atoms with van der Waals surface area (Å²) in [6, 6.07) is 16.8. The molecule has 2 aromatic carbocycles. The summed E-state index contributed by atoms with van der Waals surface area (Å²) in [5.74, 6) is 0. The minimum Gasteiger partial charge on any atom is -0.326 e. The Bertz CT molecular complexity index is 480. The normalized spacial score (nSPS) is 10.4. The molecule has 82 valence electrons. The van der Waals surface area contributed by atoms with Gasteiger partial charge in [-0.2, -0.15) is 0 Å². The fourth-order valence-electron chi connectivity index (χ4n) is 1.58. The van der Waals surface area contributed by atoms with Crippen LogP contribution < -0.4 is 5.73 Å². The molecule has 0 saturated carbocycles. The smallest absolute Gasteiger partial charge is 0.0189 e. The van der Waals surface area contributed by atoms with Crippen LogP contribution in [0.3, 0.4) is 0 Å². The number of benzene rings is 2. The number of aryl methyl sites for hydroxylation is 1. The summed E-state index contributed by atoms with van der Waals surface area (Å²) in [5.41, 5.74) is 8.21. The second kappa shape index (κ2) is 5.19. The van der Waals surface area contributed by atoms with Gasteiger partial charge in [-0.1, -0.05) is 47.7 Å². The topological polar surface area (TPSA) is 26.0 Å². The minimum atomic E-state index is 0.592. The van der Waals surface area contributed by atoms with E-state index in [9.17, 15) is 0 Å². The summed E-state index contributed by atoms with van der Waals surface area (Å²) >= 11 is 1.77. The van der Waals surface area contributed by atoms with Crippen LogP contribution in [0.1, 0.15) is 11.1 Å². The van der Waals surface area contributed by atoms with Crippen LogP contribution >= 0.6 is 11.8 Å². The van der Waals surface area contributed by atoms with Crippen molar-refractivity contribution >= 4 is 11.8 Å². The number of hydrogen-bond acceptors (Lipinski definition) is 2. The van der Waals surface area contributed by atoms with Gasteiger partial charge in [0.2, 0.25) is 0 Å². The number of rotatable bonds is 3. The van der Waals surface area contributed by atoms with Gasteiger partial charge in [0, 0.05) is 16.3 Å². The molecule has 0 atom stereocenters. The molecule has 0 aliphatic carbocycles. The van der Waals surface area contributed by atoms with E-state index in [4.69, 9.17) is 5.73 Å². The summed E-state index contributed by atoms with van der Waals surface area (Å²) in [5, 5.41) is 0. The van der Waals surface area contributed by atoms with E-state index in [0.29, 0.717) is 6.54 Å². The zero-order valence-electron chi connectivity index (χ0n) is 9.31. The third kappa shape index (κ3) is 2.65. The Labute approximate surface area is 101 Å². The van der Waals surface area contributed by atoms with Crippen LogP contribution in [0.15, 0.2) is 58.3 Å². The first-order chi connectivity index (χ1) is 7.79. The third-order valence-electron chi connectivity index (χ3n) is 2.41. The Balaban J connectivity index is 2.26. The molecule has 0 aliphatic rings. The molecular weight excluding hydrogens is 214 g/mol. The molecule has 0 spiro atoms. The first-order valence-electron chi connectivity index (χ1n) is 5.32. The van der Waals surface area contributed by atoms with E-state index in [-0.39, 0.29) is 0 Å². The van der Waals surface area contributed by atoms with Crippen molar-refractivity contribution in [1.29, 1.82) is 0 Å². The lowest BCUT2D eigenvalue weighted by Gasteiger charge is -2.07. The Morgan fingerprint density at radius 3 is 2.62 bits per heavy atom. The second-order valence-corrected chi connectivity index (χ2v) is 4.85. The van der Waals surface area contributed by atoms with Gasteiger partial charge in [-0.05, 0) is 30.7 Å². The molecular formula is C14H15NS. The fourth-order valence-corrected chi connectivity index (χ4v) is 2.65. The summed E-state index contributed by atoms with van der Waals surface area (Å²) in [6.07, 6.45) is 0. The largest absolute Gasteiger partial charge is 0.326 e. The highest BCUT2D eigenvalue weighted by atomic mass is 32.2. The predicted octanol–water partition coefficient (Wildman–Crippen LogP) is 3.60. The summed E-state index contributed by atoms with van der Waals surface area (Å²) in [4.78, 5) is 2.51. The van der Waals surface area contributed by atoms with Gasteiger partial charge >= 0.3 is 0 Å². The molecule has 16 heavy (non-hydrogen) atoms. The third-order valence-corrected chi connectivity index (χ3v) is 3.52. The van der Waals surface area contributed by atoms with Crippen molar-refractivity contribution in [3.8, 4) is 0 Å². The van der Waals surface area contributed by atoms with Crippen molar-refractivity contribution in [2.45, 2.75) is 23.3 Å². The van der Waals surface area contributed by atoms with Gasteiger partial charge in [-0.3, -0.25) is 0 Å². The van der Waals surface area contributed by atoms with E-state index in [1.807, 2.05) is 6.07 Å². The first-order valence-corrected chi connectivity index (χ1v) is 6.14. The quantitative estimate of drug-likeness (QED) is 0.870. The average Bonchev–Trinajstić information content (AvgIpc) is 2.30. The van der Waals surface area contributed by atoms with E-state index in [1.54, 1.807) is 11.8 Å². The molecule has 0 amide bonds. The molecule has 1 nitrogen and oxygen atoms in total. The zero-order valence-corrected chi connectivity index (χ0v) is 10.1. The van der Waals surface area contributed by atoms with Gasteiger partial charge in [-0.25, -0.2) is 0 Å². The lowest BCUT2D eigenvalue weighted by Crippen LogP contribution is -1.97. The molecule has 0 aromatic heterocycles. The highest BCUT2D eigenvalue weighted by molar-refractivity contribution is 7.99. The molecule has 0 bridgehead atoms. The van der Waals surface area contributed by atoms with Crippen molar-refractivity contribution in [2.75, 3.05) is 0 Å². The molecule has 2 aromatic rings. The lowest BCUT2D eigenvalue weighted by atomic mass is 10.2. The molecule has 0 unspecified atom stereocenters. The summed E-state index contributed by atoms with van der Waals surface area (Å²) in [6.45, 7) is 2.70. The van der Waals surface area contributed by atoms with Gasteiger partial charge in [0.05, 0.1) is 0 Å². The molecule has 0 fully saturated rings. The SMILES string of the molecule is Cc1cccc(Sc2ccccc2CN)c1. The fraction of sp³-hybridized carbons (Fsp3) is 0.143. The summed E-state index contributed by atoms with van der Waals surface area (Å²) in [7, 11) is 0. The molecule has 2 N–H and O–H groups in total. The van der Waals surface area contributed by atoms with Crippen molar-refractivity contribution in [2.24, 2.45) is 5.73 Å². The molecule has 0 saturated heterocycles. The Morgan fingerprint density at radius 1 is 1.06 bits per heavy atom. The molecule has 0 heterocycles. The van der Waals surface area contributed by atoms with Gasteiger partial charge in [0.25, 0.3) is 0 Å². The molecule has 2 rings (SSSR count). The molecule has 2 heteroatoms. The zero-order chi connectivity index (χ0) is 11.4. The van der Waals surface area contributed by atoms with Crippen molar-refractivity contribution in [3.63, 3.8) is 0 Å². The predicted molar refractivity (Wildman–Crippen MR) is 69.6 cm³/mol. The maximum absolute atomic E-state index is 5.72. The van der Waals surface area contributed by atoms with Crippen molar-refractivity contribution in [3.05, 3.63) is 59.7 Å². The van der Waals surface area contributed by atoms with Crippen molar-refractivity contribution in [1.82, 2.24) is 0 Å². The molecule has 0 radical (unpaired) electrons. The second-order valence-electron chi connectivity index (χ2n) is 3.73. The van der Waals surface area contributed by atoms with Crippen LogP contribution in [-0.2, 0) is 6.54 Å². The van der Waals surface area contributed by atoms with E-state index in [2.05, 4.69) is 49.4 Å². The van der Waals surface area contributed by atoms with Gasteiger partial charge in [-0.15, -0.1) is 0 Å². The average molecular weight is 229 g/mol. The van der Waals surface area contributed by atoms with Crippen LogP contribution in [0.4, 0.5) is 0 Å². The van der Waals surface area contributed by atoms with Crippen molar-refractivity contribution < 1.29 is 0 Å². The maximum atomic E-state index is 5.72.